The number of hydrogen-bond acceptors (Lipinski definition) is 6. The van der Waals surface area contributed by atoms with Crippen molar-refractivity contribution in [1.29, 1.82) is 0 Å². The SMILES string of the molecule is CC1CCCC(C)N1S(=O)(=O)NC(Cc1ccc(Nc2nccc3cnccc23)cc1)C(=O)O. The molecule has 0 amide bonds. The third-order valence-electron chi connectivity index (χ3n) is 6.20. The van der Waals surface area contributed by atoms with Gasteiger partial charge in [-0.2, -0.15) is 17.4 Å². The van der Waals surface area contributed by atoms with Gasteiger partial charge in [-0.1, -0.05) is 18.6 Å². The molecule has 2 aromatic heterocycles. The normalized spacial score (nSPS) is 20.2. The second kappa shape index (κ2) is 10.0. The molecule has 3 heterocycles. The Kier molecular flexibility index (Phi) is 7.11. The Balaban J connectivity index is 1.47. The molecule has 3 atom stereocenters. The third-order valence-corrected chi connectivity index (χ3v) is 8.06. The highest BCUT2D eigenvalue weighted by Crippen LogP contribution is 2.26. The zero-order valence-corrected chi connectivity index (χ0v) is 20.0. The van der Waals surface area contributed by atoms with Crippen molar-refractivity contribution in [3.8, 4) is 0 Å². The molecule has 1 saturated heterocycles. The van der Waals surface area contributed by atoms with Crippen LogP contribution in [0.25, 0.3) is 10.8 Å². The Bertz CT molecular complexity index is 1250. The molecule has 34 heavy (non-hydrogen) atoms. The number of hydrogen-bond donors (Lipinski definition) is 3. The molecule has 0 bridgehead atoms. The van der Waals surface area contributed by atoms with Gasteiger partial charge in [0.15, 0.2) is 0 Å². The van der Waals surface area contributed by atoms with Crippen molar-refractivity contribution in [3.05, 3.63) is 60.6 Å². The first kappa shape index (κ1) is 24.1. The van der Waals surface area contributed by atoms with E-state index in [9.17, 15) is 18.3 Å². The highest BCUT2D eigenvalue weighted by molar-refractivity contribution is 7.87. The zero-order valence-electron chi connectivity index (χ0n) is 19.2. The van der Waals surface area contributed by atoms with Gasteiger partial charge in [-0.3, -0.25) is 9.78 Å². The van der Waals surface area contributed by atoms with Crippen molar-refractivity contribution in [3.63, 3.8) is 0 Å². The number of carbonyl (C=O) groups is 1. The minimum atomic E-state index is -3.94. The van der Waals surface area contributed by atoms with Crippen molar-refractivity contribution in [2.45, 2.75) is 57.7 Å². The van der Waals surface area contributed by atoms with Crippen LogP contribution >= 0.6 is 0 Å². The number of anilines is 2. The first-order chi connectivity index (χ1) is 16.2. The highest BCUT2D eigenvalue weighted by Gasteiger charge is 2.37. The molecule has 0 saturated carbocycles. The van der Waals surface area contributed by atoms with E-state index in [-0.39, 0.29) is 18.5 Å². The van der Waals surface area contributed by atoms with Gasteiger partial charge in [0.1, 0.15) is 11.9 Å². The van der Waals surface area contributed by atoms with Crippen LogP contribution in [0.5, 0.6) is 0 Å². The number of carboxylic acid groups (broad SMARTS) is 1. The Morgan fingerprint density at radius 3 is 2.50 bits per heavy atom. The van der Waals surface area contributed by atoms with E-state index >= 15 is 0 Å². The second-order valence-corrected chi connectivity index (χ2v) is 10.4. The molecule has 10 heteroatoms. The van der Waals surface area contributed by atoms with E-state index in [1.54, 1.807) is 30.7 Å². The van der Waals surface area contributed by atoms with Crippen LogP contribution in [-0.2, 0) is 21.4 Å². The van der Waals surface area contributed by atoms with Crippen molar-refractivity contribution in [2.75, 3.05) is 5.32 Å². The number of benzene rings is 1. The summed E-state index contributed by atoms with van der Waals surface area (Å²) < 4.78 is 29.8. The Hall–Kier alpha value is -3.08. The molecule has 9 nitrogen and oxygen atoms in total. The molecular weight excluding hydrogens is 454 g/mol. The van der Waals surface area contributed by atoms with Gasteiger partial charge in [0, 0.05) is 47.1 Å². The minimum absolute atomic E-state index is 0.0314. The number of carboxylic acids is 1. The van der Waals surface area contributed by atoms with E-state index in [1.807, 2.05) is 38.1 Å². The number of nitrogens with zero attached hydrogens (tertiary/aromatic N) is 3. The molecule has 0 spiro atoms. The van der Waals surface area contributed by atoms with Crippen LogP contribution in [0.3, 0.4) is 0 Å². The molecule has 1 aliphatic rings. The number of piperidine rings is 1. The molecule has 3 aromatic rings. The number of rotatable bonds is 8. The lowest BCUT2D eigenvalue weighted by Gasteiger charge is -2.38. The van der Waals surface area contributed by atoms with Crippen LogP contribution < -0.4 is 10.0 Å². The Labute approximate surface area is 199 Å². The third kappa shape index (κ3) is 5.35. The van der Waals surface area contributed by atoms with Crippen molar-refractivity contribution >= 4 is 38.5 Å². The summed E-state index contributed by atoms with van der Waals surface area (Å²) in [5, 5.41) is 14.9. The van der Waals surface area contributed by atoms with Crippen LogP contribution in [-0.4, -0.2) is 51.9 Å². The van der Waals surface area contributed by atoms with Gasteiger partial charge < -0.3 is 10.4 Å². The van der Waals surface area contributed by atoms with Gasteiger partial charge in [-0.15, -0.1) is 0 Å². The molecule has 3 N–H and O–H groups in total. The second-order valence-electron chi connectivity index (χ2n) is 8.75. The van der Waals surface area contributed by atoms with Crippen molar-refractivity contribution in [2.24, 2.45) is 0 Å². The smallest absolute Gasteiger partial charge is 0.322 e. The Morgan fingerprint density at radius 2 is 1.82 bits per heavy atom. The summed E-state index contributed by atoms with van der Waals surface area (Å²) in [6, 6.07) is 9.37. The van der Waals surface area contributed by atoms with Crippen molar-refractivity contribution in [1.82, 2.24) is 19.0 Å². The topological polar surface area (TPSA) is 125 Å². The summed E-state index contributed by atoms with van der Waals surface area (Å²) in [7, 11) is -3.94. The first-order valence-corrected chi connectivity index (χ1v) is 12.8. The highest BCUT2D eigenvalue weighted by atomic mass is 32.2. The molecule has 0 radical (unpaired) electrons. The summed E-state index contributed by atoms with van der Waals surface area (Å²) in [6.45, 7) is 3.72. The first-order valence-electron chi connectivity index (χ1n) is 11.3. The number of aromatic nitrogens is 2. The standard InChI is InChI=1S/C24H29N5O4S/c1-16-4-3-5-17(2)29(16)34(32,33)28-22(24(30)31)14-18-6-8-20(9-7-18)27-23-21-11-12-25-15-19(21)10-13-26-23/h6-13,15-17,22,28H,3-5,14H2,1-2H3,(H,26,27)(H,30,31). The average molecular weight is 484 g/mol. The van der Waals surface area contributed by atoms with Gasteiger partial charge >= 0.3 is 5.97 Å². The largest absolute Gasteiger partial charge is 0.480 e. The molecule has 1 aromatic carbocycles. The number of pyridine rings is 2. The van der Waals surface area contributed by atoms with Gasteiger partial charge in [0.2, 0.25) is 0 Å². The molecule has 1 fully saturated rings. The maximum Gasteiger partial charge on any atom is 0.322 e. The van der Waals surface area contributed by atoms with E-state index in [2.05, 4.69) is 20.0 Å². The molecule has 4 rings (SSSR count). The number of fused-ring (bicyclic) bond motifs is 1. The zero-order chi connectivity index (χ0) is 24.3. The van der Waals surface area contributed by atoms with Gasteiger partial charge in [-0.25, -0.2) is 4.98 Å². The molecule has 1 aliphatic heterocycles. The fraction of sp³-hybridized carbons (Fsp3) is 0.375. The van der Waals surface area contributed by atoms with E-state index in [4.69, 9.17) is 0 Å². The molecule has 180 valence electrons. The predicted octanol–water partition coefficient (Wildman–Crippen LogP) is 3.47. The molecule has 3 unspecified atom stereocenters. The van der Waals surface area contributed by atoms with Crippen LogP contribution in [0.1, 0.15) is 38.7 Å². The summed E-state index contributed by atoms with van der Waals surface area (Å²) in [5.41, 5.74) is 1.49. The minimum Gasteiger partial charge on any atom is -0.480 e. The van der Waals surface area contributed by atoms with Crippen molar-refractivity contribution < 1.29 is 18.3 Å². The maximum atomic E-state index is 13.0. The van der Waals surface area contributed by atoms with Crippen LogP contribution in [0.2, 0.25) is 0 Å². The van der Waals surface area contributed by atoms with Crippen LogP contribution in [0.4, 0.5) is 11.5 Å². The lowest BCUT2D eigenvalue weighted by atomic mass is 10.0. The fourth-order valence-electron chi connectivity index (χ4n) is 4.50. The fourth-order valence-corrected chi connectivity index (χ4v) is 6.33. The molecule has 0 aliphatic carbocycles. The lowest BCUT2D eigenvalue weighted by Crippen LogP contribution is -2.55. The average Bonchev–Trinajstić information content (AvgIpc) is 2.79. The van der Waals surface area contributed by atoms with E-state index < -0.39 is 22.2 Å². The van der Waals surface area contributed by atoms with E-state index in [0.717, 1.165) is 35.7 Å². The van der Waals surface area contributed by atoms with Gasteiger partial charge in [0.05, 0.1) is 0 Å². The maximum absolute atomic E-state index is 13.0. The predicted molar refractivity (Wildman–Crippen MR) is 131 cm³/mol. The number of aliphatic carboxylic acids is 1. The van der Waals surface area contributed by atoms with Crippen LogP contribution in [0, 0.1) is 0 Å². The Morgan fingerprint density at radius 1 is 1.12 bits per heavy atom. The summed E-state index contributed by atoms with van der Waals surface area (Å²) in [6.07, 6.45) is 7.69. The van der Waals surface area contributed by atoms with E-state index in [1.165, 1.54) is 4.31 Å². The quantitative estimate of drug-likeness (QED) is 0.448. The summed E-state index contributed by atoms with van der Waals surface area (Å²) in [4.78, 5) is 20.4. The van der Waals surface area contributed by atoms with Gasteiger partial charge in [0.25, 0.3) is 10.2 Å². The van der Waals surface area contributed by atoms with E-state index in [0.29, 0.717) is 11.4 Å². The lowest BCUT2D eigenvalue weighted by molar-refractivity contribution is -0.139. The monoisotopic (exact) mass is 483 g/mol. The summed E-state index contributed by atoms with van der Waals surface area (Å²) >= 11 is 0. The van der Waals surface area contributed by atoms with Crippen LogP contribution in [0.15, 0.2) is 55.0 Å². The summed E-state index contributed by atoms with van der Waals surface area (Å²) in [5.74, 6) is -0.523. The number of nitrogens with one attached hydrogen (secondary N) is 2. The van der Waals surface area contributed by atoms with Gasteiger partial charge in [-0.05, 0) is 62.9 Å². The molecular formula is C24H29N5O4S.